The van der Waals surface area contributed by atoms with Crippen molar-refractivity contribution in [3.8, 4) is 0 Å². The Bertz CT molecular complexity index is 143. The molecule has 0 aromatic carbocycles. The van der Waals surface area contributed by atoms with Crippen LogP contribution < -0.4 is 5.32 Å². The lowest BCUT2D eigenvalue weighted by Gasteiger charge is -2.43. The SMILES string of the molecule is CCC1(CC)CNC(C)C(C)O1. The lowest BCUT2D eigenvalue weighted by Crippen LogP contribution is -2.56. The van der Waals surface area contributed by atoms with Crippen molar-refractivity contribution in [3.05, 3.63) is 0 Å². The minimum Gasteiger partial charge on any atom is -0.369 e. The molecule has 1 N–H and O–H groups in total. The lowest BCUT2D eigenvalue weighted by atomic mass is 9.93. The van der Waals surface area contributed by atoms with Crippen molar-refractivity contribution in [1.29, 1.82) is 0 Å². The molecule has 0 aromatic rings. The Hall–Kier alpha value is -0.0800. The van der Waals surface area contributed by atoms with E-state index >= 15 is 0 Å². The van der Waals surface area contributed by atoms with Crippen LogP contribution in [0.1, 0.15) is 40.5 Å². The smallest absolute Gasteiger partial charge is 0.0805 e. The predicted octanol–water partition coefficient (Wildman–Crippen LogP) is 1.94. The Balaban J connectivity index is 2.58. The van der Waals surface area contributed by atoms with Crippen LogP contribution in [-0.4, -0.2) is 24.3 Å². The van der Waals surface area contributed by atoms with Crippen LogP contribution in [0.2, 0.25) is 0 Å². The highest BCUT2D eigenvalue weighted by Gasteiger charge is 2.35. The second-order valence-corrected chi connectivity index (χ2v) is 3.88. The first kappa shape index (κ1) is 10.0. The van der Waals surface area contributed by atoms with Crippen molar-refractivity contribution in [2.45, 2.75) is 58.3 Å². The van der Waals surface area contributed by atoms with Gasteiger partial charge in [-0.25, -0.2) is 0 Å². The molecule has 2 nitrogen and oxygen atoms in total. The molecule has 1 heterocycles. The molecule has 12 heavy (non-hydrogen) atoms. The van der Waals surface area contributed by atoms with Gasteiger partial charge in [-0.15, -0.1) is 0 Å². The largest absolute Gasteiger partial charge is 0.369 e. The van der Waals surface area contributed by atoms with Crippen LogP contribution in [-0.2, 0) is 4.74 Å². The average molecular weight is 171 g/mol. The van der Waals surface area contributed by atoms with Gasteiger partial charge in [0.15, 0.2) is 0 Å². The van der Waals surface area contributed by atoms with E-state index in [9.17, 15) is 0 Å². The van der Waals surface area contributed by atoms with E-state index in [0.29, 0.717) is 12.1 Å². The summed E-state index contributed by atoms with van der Waals surface area (Å²) in [6.07, 6.45) is 2.56. The number of nitrogens with one attached hydrogen (secondary N) is 1. The van der Waals surface area contributed by atoms with E-state index in [4.69, 9.17) is 4.74 Å². The minimum absolute atomic E-state index is 0.103. The monoisotopic (exact) mass is 171 g/mol. The highest BCUT2D eigenvalue weighted by Crippen LogP contribution is 2.26. The van der Waals surface area contributed by atoms with Gasteiger partial charge in [0.2, 0.25) is 0 Å². The second-order valence-electron chi connectivity index (χ2n) is 3.88. The fraction of sp³-hybridized carbons (Fsp3) is 1.00. The van der Waals surface area contributed by atoms with E-state index in [1.807, 2.05) is 0 Å². The van der Waals surface area contributed by atoms with Gasteiger partial charge in [0.05, 0.1) is 11.7 Å². The van der Waals surface area contributed by atoms with Crippen molar-refractivity contribution in [2.75, 3.05) is 6.54 Å². The topological polar surface area (TPSA) is 21.3 Å². The van der Waals surface area contributed by atoms with Gasteiger partial charge in [0.25, 0.3) is 0 Å². The molecule has 1 rings (SSSR count). The van der Waals surface area contributed by atoms with Crippen molar-refractivity contribution >= 4 is 0 Å². The quantitative estimate of drug-likeness (QED) is 0.685. The Kier molecular flexibility index (Phi) is 3.13. The van der Waals surface area contributed by atoms with Crippen LogP contribution in [0.5, 0.6) is 0 Å². The summed E-state index contributed by atoms with van der Waals surface area (Å²) in [6, 6.07) is 0.497. The molecule has 0 spiro atoms. The van der Waals surface area contributed by atoms with Crippen LogP contribution in [0.3, 0.4) is 0 Å². The normalized spacial score (nSPS) is 35.0. The molecule has 1 aliphatic rings. The van der Waals surface area contributed by atoms with E-state index in [1.54, 1.807) is 0 Å². The summed E-state index contributed by atoms with van der Waals surface area (Å²) >= 11 is 0. The van der Waals surface area contributed by atoms with Crippen molar-refractivity contribution in [1.82, 2.24) is 5.32 Å². The van der Waals surface area contributed by atoms with Gasteiger partial charge >= 0.3 is 0 Å². The molecule has 1 saturated heterocycles. The van der Waals surface area contributed by atoms with Crippen LogP contribution >= 0.6 is 0 Å². The first-order valence-corrected chi connectivity index (χ1v) is 5.04. The molecular weight excluding hydrogens is 150 g/mol. The number of rotatable bonds is 2. The third-order valence-electron chi connectivity index (χ3n) is 3.17. The molecule has 0 aliphatic carbocycles. The van der Waals surface area contributed by atoms with Gasteiger partial charge in [-0.1, -0.05) is 13.8 Å². The van der Waals surface area contributed by atoms with Gasteiger partial charge in [-0.05, 0) is 26.7 Å². The van der Waals surface area contributed by atoms with Crippen molar-refractivity contribution < 1.29 is 4.74 Å². The van der Waals surface area contributed by atoms with Crippen molar-refractivity contribution in [3.63, 3.8) is 0 Å². The maximum absolute atomic E-state index is 6.02. The Morgan fingerprint density at radius 1 is 1.33 bits per heavy atom. The maximum Gasteiger partial charge on any atom is 0.0805 e. The summed E-state index contributed by atoms with van der Waals surface area (Å²) in [7, 11) is 0. The lowest BCUT2D eigenvalue weighted by molar-refractivity contribution is -0.128. The summed E-state index contributed by atoms with van der Waals surface area (Å²) in [5.74, 6) is 0. The van der Waals surface area contributed by atoms with Crippen LogP contribution in [0.25, 0.3) is 0 Å². The number of hydrogen-bond donors (Lipinski definition) is 1. The molecule has 0 aromatic heterocycles. The van der Waals surface area contributed by atoms with Crippen LogP contribution in [0.4, 0.5) is 0 Å². The first-order chi connectivity index (χ1) is 5.63. The molecule has 72 valence electrons. The van der Waals surface area contributed by atoms with E-state index < -0.39 is 0 Å². The second kappa shape index (κ2) is 3.75. The van der Waals surface area contributed by atoms with Gasteiger partial charge in [0, 0.05) is 12.6 Å². The van der Waals surface area contributed by atoms with E-state index in [1.165, 1.54) is 0 Å². The number of ether oxygens (including phenoxy) is 1. The highest BCUT2D eigenvalue weighted by atomic mass is 16.5. The van der Waals surface area contributed by atoms with Crippen LogP contribution in [0.15, 0.2) is 0 Å². The summed E-state index contributed by atoms with van der Waals surface area (Å²) in [6.45, 7) is 9.74. The molecule has 2 unspecified atom stereocenters. The maximum atomic E-state index is 6.02. The Morgan fingerprint density at radius 2 is 1.92 bits per heavy atom. The van der Waals surface area contributed by atoms with E-state index in [0.717, 1.165) is 19.4 Å². The highest BCUT2D eigenvalue weighted by molar-refractivity contribution is 4.89. The third-order valence-corrected chi connectivity index (χ3v) is 3.17. The van der Waals surface area contributed by atoms with Gasteiger partial charge in [-0.3, -0.25) is 0 Å². The molecule has 2 atom stereocenters. The molecule has 0 saturated carbocycles. The average Bonchev–Trinajstić information content (AvgIpc) is 2.10. The molecule has 1 fully saturated rings. The summed E-state index contributed by atoms with van der Waals surface area (Å²) in [5, 5.41) is 3.50. The van der Waals surface area contributed by atoms with Gasteiger partial charge < -0.3 is 10.1 Å². The zero-order valence-electron chi connectivity index (χ0n) is 8.68. The first-order valence-electron chi connectivity index (χ1n) is 5.04. The summed E-state index contributed by atoms with van der Waals surface area (Å²) in [4.78, 5) is 0. The standard InChI is InChI=1S/C10H21NO/c1-5-10(6-2)7-11-8(3)9(4)12-10/h8-9,11H,5-7H2,1-4H3. The van der Waals surface area contributed by atoms with Crippen LogP contribution in [0, 0.1) is 0 Å². The fourth-order valence-corrected chi connectivity index (χ4v) is 1.72. The van der Waals surface area contributed by atoms with Gasteiger partial charge in [0.1, 0.15) is 0 Å². The Morgan fingerprint density at radius 3 is 2.33 bits per heavy atom. The van der Waals surface area contributed by atoms with Gasteiger partial charge in [-0.2, -0.15) is 0 Å². The Labute approximate surface area is 75.7 Å². The molecule has 0 amide bonds. The minimum atomic E-state index is 0.103. The molecule has 1 aliphatic heterocycles. The fourth-order valence-electron chi connectivity index (χ4n) is 1.72. The molecular formula is C10H21NO. The summed E-state index contributed by atoms with van der Waals surface area (Å²) < 4.78 is 6.02. The van der Waals surface area contributed by atoms with E-state index in [-0.39, 0.29) is 5.60 Å². The molecule has 2 heteroatoms. The molecule has 0 radical (unpaired) electrons. The number of morpholine rings is 1. The zero-order valence-corrected chi connectivity index (χ0v) is 8.68. The zero-order chi connectivity index (χ0) is 9.19. The van der Waals surface area contributed by atoms with Crippen molar-refractivity contribution in [2.24, 2.45) is 0 Å². The third kappa shape index (κ3) is 1.80. The number of hydrogen-bond acceptors (Lipinski definition) is 2. The molecule has 0 bridgehead atoms. The predicted molar refractivity (Wildman–Crippen MR) is 51.3 cm³/mol. The summed E-state index contributed by atoms with van der Waals surface area (Å²) in [5.41, 5.74) is 0.103. The van der Waals surface area contributed by atoms with E-state index in [2.05, 4.69) is 33.0 Å².